The highest BCUT2D eigenvalue weighted by molar-refractivity contribution is 4.63. The molecule has 3 unspecified atom stereocenters. The fourth-order valence-corrected chi connectivity index (χ4v) is 1.49. The molecule has 15 heavy (non-hydrogen) atoms. The van der Waals surface area contributed by atoms with Gasteiger partial charge in [-0.05, 0) is 26.7 Å². The SMILES string of the molecule is CC(O)COC(C)COCC1CCCO1. The van der Waals surface area contributed by atoms with E-state index in [9.17, 15) is 0 Å². The molecule has 0 bridgehead atoms. The molecule has 90 valence electrons. The Morgan fingerprint density at radius 3 is 2.80 bits per heavy atom. The van der Waals surface area contributed by atoms with Crippen molar-refractivity contribution in [3.8, 4) is 0 Å². The molecule has 1 aliphatic rings. The quantitative estimate of drug-likeness (QED) is 0.691. The van der Waals surface area contributed by atoms with Gasteiger partial charge in [-0.1, -0.05) is 0 Å². The molecular weight excluding hydrogens is 196 g/mol. The first-order valence-corrected chi connectivity index (χ1v) is 5.67. The highest BCUT2D eigenvalue weighted by atomic mass is 16.6. The molecule has 0 saturated carbocycles. The van der Waals surface area contributed by atoms with Gasteiger partial charge in [0.05, 0.1) is 38.1 Å². The van der Waals surface area contributed by atoms with E-state index in [1.807, 2.05) is 6.92 Å². The molecule has 0 radical (unpaired) electrons. The molecule has 0 aromatic rings. The summed E-state index contributed by atoms with van der Waals surface area (Å²) in [5, 5.41) is 9.01. The minimum absolute atomic E-state index is 0.0287. The molecule has 1 N–H and O–H groups in total. The number of hydrogen-bond acceptors (Lipinski definition) is 4. The van der Waals surface area contributed by atoms with Gasteiger partial charge in [-0.3, -0.25) is 0 Å². The second kappa shape index (κ2) is 7.17. The fraction of sp³-hybridized carbons (Fsp3) is 1.00. The summed E-state index contributed by atoms with van der Waals surface area (Å²) in [5.74, 6) is 0. The van der Waals surface area contributed by atoms with Gasteiger partial charge in [0.1, 0.15) is 0 Å². The van der Waals surface area contributed by atoms with Crippen molar-refractivity contribution in [2.24, 2.45) is 0 Å². The molecule has 0 aliphatic carbocycles. The van der Waals surface area contributed by atoms with E-state index in [2.05, 4.69) is 0 Å². The van der Waals surface area contributed by atoms with E-state index in [-0.39, 0.29) is 12.2 Å². The van der Waals surface area contributed by atoms with Crippen molar-refractivity contribution in [3.63, 3.8) is 0 Å². The summed E-state index contributed by atoms with van der Waals surface area (Å²) in [6.07, 6.45) is 2.13. The first-order valence-electron chi connectivity index (χ1n) is 5.67. The van der Waals surface area contributed by atoms with Crippen LogP contribution in [0.1, 0.15) is 26.7 Å². The van der Waals surface area contributed by atoms with Crippen LogP contribution in [0.15, 0.2) is 0 Å². The maximum absolute atomic E-state index is 9.01. The van der Waals surface area contributed by atoms with E-state index in [0.717, 1.165) is 19.4 Å². The molecule has 0 spiro atoms. The van der Waals surface area contributed by atoms with Gasteiger partial charge >= 0.3 is 0 Å². The summed E-state index contributed by atoms with van der Waals surface area (Å²) in [4.78, 5) is 0. The van der Waals surface area contributed by atoms with Gasteiger partial charge in [0.2, 0.25) is 0 Å². The zero-order valence-corrected chi connectivity index (χ0v) is 9.65. The molecule has 3 atom stereocenters. The van der Waals surface area contributed by atoms with E-state index in [4.69, 9.17) is 19.3 Å². The Labute approximate surface area is 91.5 Å². The molecule has 0 amide bonds. The van der Waals surface area contributed by atoms with Crippen molar-refractivity contribution in [3.05, 3.63) is 0 Å². The molecule has 1 aliphatic heterocycles. The highest BCUT2D eigenvalue weighted by Crippen LogP contribution is 2.12. The van der Waals surface area contributed by atoms with Gasteiger partial charge in [-0.2, -0.15) is 0 Å². The lowest BCUT2D eigenvalue weighted by molar-refractivity contribution is -0.0544. The van der Waals surface area contributed by atoms with Crippen molar-refractivity contribution in [1.82, 2.24) is 0 Å². The van der Waals surface area contributed by atoms with Crippen LogP contribution in [0.25, 0.3) is 0 Å². The van der Waals surface area contributed by atoms with Crippen molar-refractivity contribution >= 4 is 0 Å². The fourth-order valence-electron chi connectivity index (χ4n) is 1.49. The second-order valence-electron chi connectivity index (χ2n) is 4.17. The molecule has 4 heteroatoms. The summed E-state index contributed by atoms with van der Waals surface area (Å²) in [5.41, 5.74) is 0. The van der Waals surface area contributed by atoms with Crippen LogP contribution in [0.3, 0.4) is 0 Å². The summed E-state index contributed by atoms with van der Waals surface area (Å²) in [6, 6.07) is 0. The van der Waals surface area contributed by atoms with Gasteiger partial charge in [-0.15, -0.1) is 0 Å². The minimum Gasteiger partial charge on any atom is -0.391 e. The van der Waals surface area contributed by atoms with Gasteiger partial charge in [-0.25, -0.2) is 0 Å². The Kier molecular flexibility index (Phi) is 6.17. The Hall–Kier alpha value is -0.160. The molecule has 0 aromatic heterocycles. The third kappa shape index (κ3) is 6.10. The van der Waals surface area contributed by atoms with E-state index >= 15 is 0 Å². The monoisotopic (exact) mass is 218 g/mol. The lowest BCUT2D eigenvalue weighted by atomic mass is 10.2. The summed E-state index contributed by atoms with van der Waals surface area (Å²) >= 11 is 0. The van der Waals surface area contributed by atoms with Crippen LogP contribution in [-0.4, -0.2) is 49.8 Å². The largest absolute Gasteiger partial charge is 0.391 e. The van der Waals surface area contributed by atoms with Crippen molar-refractivity contribution in [2.75, 3.05) is 26.4 Å². The maximum Gasteiger partial charge on any atom is 0.0809 e. The van der Waals surface area contributed by atoms with Crippen molar-refractivity contribution in [2.45, 2.75) is 45.0 Å². The first-order chi connectivity index (χ1) is 7.18. The number of aliphatic hydroxyl groups is 1. The number of hydrogen-bond donors (Lipinski definition) is 1. The van der Waals surface area contributed by atoms with Crippen LogP contribution in [-0.2, 0) is 14.2 Å². The molecule has 1 heterocycles. The molecule has 4 nitrogen and oxygen atoms in total. The zero-order valence-electron chi connectivity index (χ0n) is 9.65. The average molecular weight is 218 g/mol. The summed E-state index contributed by atoms with van der Waals surface area (Å²) < 4.78 is 16.3. The number of ether oxygens (including phenoxy) is 3. The maximum atomic E-state index is 9.01. The molecule has 1 rings (SSSR count). The van der Waals surface area contributed by atoms with E-state index in [1.54, 1.807) is 6.92 Å². The molecule has 1 fully saturated rings. The van der Waals surface area contributed by atoms with Crippen LogP contribution >= 0.6 is 0 Å². The first kappa shape index (κ1) is 12.9. The van der Waals surface area contributed by atoms with Crippen LogP contribution in [0.2, 0.25) is 0 Å². The molecular formula is C11H22O4. The van der Waals surface area contributed by atoms with Crippen molar-refractivity contribution < 1.29 is 19.3 Å². The van der Waals surface area contributed by atoms with E-state index in [1.165, 1.54) is 0 Å². The lowest BCUT2D eigenvalue weighted by Gasteiger charge is -2.16. The van der Waals surface area contributed by atoms with Crippen molar-refractivity contribution in [1.29, 1.82) is 0 Å². The second-order valence-corrected chi connectivity index (χ2v) is 4.17. The van der Waals surface area contributed by atoms with Gasteiger partial charge < -0.3 is 19.3 Å². The highest BCUT2D eigenvalue weighted by Gasteiger charge is 2.15. The van der Waals surface area contributed by atoms with Crippen LogP contribution in [0.4, 0.5) is 0 Å². The van der Waals surface area contributed by atoms with Gasteiger partial charge in [0.15, 0.2) is 0 Å². The average Bonchev–Trinajstić information content (AvgIpc) is 2.67. The van der Waals surface area contributed by atoms with E-state index < -0.39 is 6.10 Å². The smallest absolute Gasteiger partial charge is 0.0809 e. The summed E-state index contributed by atoms with van der Waals surface area (Å²) in [6.45, 7) is 6.10. The minimum atomic E-state index is -0.411. The van der Waals surface area contributed by atoms with E-state index in [0.29, 0.717) is 19.8 Å². The zero-order chi connectivity index (χ0) is 11.1. The topological polar surface area (TPSA) is 47.9 Å². The Bertz CT molecular complexity index is 155. The molecule has 1 saturated heterocycles. The van der Waals surface area contributed by atoms with Gasteiger partial charge in [0, 0.05) is 6.61 Å². The normalized spacial score (nSPS) is 25.4. The Morgan fingerprint density at radius 1 is 1.40 bits per heavy atom. The van der Waals surface area contributed by atoms with Crippen LogP contribution in [0, 0.1) is 0 Å². The third-order valence-electron chi connectivity index (χ3n) is 2.30. The van der Waals surface area contributed by atoms with Gasteiger partial charge in [0.25, 0.3) is 0 Å². The standard InChI is InChI=1S/C11H22O4/c1-9(12)6-15-10(2)7-13-8-11-4-3-5-14-11/h9-12H,3-8H2,1-2H3. The third-order valence-corrected chi connectivity index (χ3v) is 2.30. The lowest BCUT2D eigenvalue weighted by Crippen LogP contribution is -2.24. The molecule has 0 aromatic carbocycles. The number of rotatable bonds is 7. The van der Waals surface area contributed by atoms with Crippen LogP contribution < -0.4 is 0 Å². The predicted molar refractivity (Wildman–Crippen MR) is 56.9 cm³/mol. The summed E-state index contributed by atoms with van der Waals surface area (Å²) in [7, 11) is 0. The Balaban J connectivity index is 1.93. The van der Waals surface area contributed by atoms with Crippen LogP contribution in [0.5, 0.6) is 0 Å². The number of aliphatic hydroxyl groups excluding tert-OH is 1. The Morgan fingerprint density at radius 2 is 2.20 bits per heavy atom. The predicted octanol–water partition coefficient (Wildman–Crippen LogP) is 0.968.